The van der Waals surface area contributed by atoms with Gasteiger partial charge in [0.1, 0.15) is 10.7 Å². The Kier molecular flexibility index (Phi) is 13.0. The van der Waals surface area contributed by atoms with E-state index in [1.54, 1.807) is 5.38 Å². The van der Waals surface area contributed by atoms with Gasteiger partial charge in [0.15, 0.2) is 5.13 Å². The lowest BCUT2D eigenvalue weighted by atomic mass is 10.2. The van der Waals surface area contributed by atoms with Gasteiger partial charge in [-0.2, -0.15) is 26.3 Å². The molecular formula is C25H24ClF7N4O6S2. The van der Waals surface area contributed by atoms with Crippen LogP contribution in [0.4, 0.5) is 41.6 Å². The number of halogens is 8. The van der Waals surface area contributed by atoms with Gasteiger partial charge in [-0.25, -0.2) is 27.4 Å². The molecule has 20 heteroatoms. The number of benzene rings is 2. The quantitative estimate of drug-likeness (QED) is 0.263. The molecule has 2 heterocycles. The molecule has 45 heavy (non-hydrogen) atoms. The summed E-state index contributed by atoms with van der Waals surface area (Å²) in [5.74, 6) is -6.37. The van der Waals surface area contributed by atoms with Crippen LogP contribution in [0, 0.1) is 5.82 Å². The van der Waals surface area contributed by atoms with E-state index >= 15 is 0 Å². The number of thiazole rings is 1. The third-order valence-corrected chi connectivity index (χ3v) is 8.33. The number of carbonyl (C=O) groups is 2. The molecule has 1 aliphatic rings. The van der Waals surface area contributed by atoms with Crippen molar-refractivity contribution in [2.75, 3.05) is 29.8 Å². The molecular weight excluding hydrogens is 685 g/mol. The maximum Gasteiger partial charge on any atom is 0.490 e. The minimum absolute atomic E-state index is 0.150. The molecule has 1 fully saturated rings. The molecule has 2 aromatic carbocycles. The number of carboxylic acid groups (broad SMARTS) is 2. The van der Waals surface area contributed by atoms with Crippen molar-refractivity contribution in [3.05, 3.63) is 70.4 Å². The topological polar surface area (TPSA) is 140 Å². The normalized spacial score (nSPS) is 15.3. The average Bonchev–Trinajstić information content (AvgIpc) is 3.61. The second-order valence-electron chi connectivity index (χ2n) is 9.06. The molecule has 0 unspecified atom stereocenters. The highest BCUT2D eigenvalue weighted by molar-refractivity contribution is 7.93. The fourth-order valence-corrected chi connectivity index (χ4v) is 5.99. The molecule has 0 amide bonds. The number of alkyl halides is 6. The molecule has 1 atom stereocenters. The third-order valence-electron chi connectivity index (χ3n) is 5.85. The van der Waals surface area contributed by atoms with E-state index < -0.39 is 45.0 Å². The van der Waals surface area contributed by atoms with E-state index in [0.717, 1.165) is 43.5 Å². The van der Waals surface area contributed by atoms with Crippen LogP contribution in [-0.4, -0.2) is 79.0 Å². The Morgan fingerprint density at radius 3 is 2.13 bits per heavy atom. The molecule has 3 N–H and O–H groups in total. The van der Waals surface area contributed by atoms with E-state index in [0.29, 0.717) is 5.69 Å². The number of aliphatic carboxylic acids is 2. The van der Waals surface area contributed by atoms with Crippen molar-refractivity contribution >= 4 is 55.7 Å². The standard InChI is InChI=1S/C21H22ClFN4O2S2.2C2HF3O2/c1-26(16-7-9-27(14-16)13-15-5-3-2-4-6-15)19-12-18(23)20(11-17(19)22)31(28,29)25-21-24-8-10-30-21;2*3-2(4,5)1(6)7/h2-6,8,10-12,16H,7,9,13-14H2,1H3,(H,24,25);2*(H,6,7)/t16-;;/m0../s1. The number of carboxylic acids is 2. The first-order chi connectivity index (χ1) is 20.7. The summed E-state index contributed by atoms with van der Waals surface area (Å²) in [4.78, 5) is 25.4. The highest BCUT2D eigenvalue weighted by atomic mass is 35.5. The Hall–Kier alpha value is -3.68. The van der Waals surface area contributed by atoms with E-state index in [1.807, 2.05) is 30.1 Å². The predicted octanol–water partition coefficient (Wildman–Crippen LogP) is 5.71. The Morgan fingerprint density at radius 1 is 1.09 bits per heavy atom. The van der Waals surface area contributed by atoms with Crippen LogP contribution < -0.4 is 9.62 Å². The van der Waals surface area contributed by atoms with Gasteiger partial charge >= 0.3 is 24.3 Å². The summed E-state index contributed by atoms with van der Waals surface area (Å²) in [5, 5.41) is 16.2. The van der Waals surface area contributed by atoms with E-state index in [2.05, 4.69) is 26.7 Å². The summed E-state index contributed by atoms with van der Waals surface area (Å²) in [5.41, 5.74) is 1.72. The zero-order valence-electron chi connectivity index (χ0n) is 22.8. The van der Waals surface area contributed by atoms with E-state index in [-0.39, 0.29) is 16.2 Å². The van der Waals surface area contributed by atoms with Crippen LogP contribution in [0.2, 0.25) is 5.02 Å². The second kappa shape index (κ2) is 15.5. The lowest BCUT2D eigenvalue weighted by molar-refractivity contribution is -0.193. The predicted molar refractivity (Wildman–Crippen MR) is 150 cm³/mol. The van der Waals surface area contributed by atoms with Gasteiger partial charge < -0.3 is 15.1 Å². The summed E-state index contributed by atoms with van der Waals surface area (Å²) in [7, 11) is -2.27. The lowest BCUT2D eigenvalue weighted by Crippen LogP contribution is -2.34. The van der Waals surface area contributed by atoms with Crippen molar-refractivity contribution in [1.82, 2.24) is 9.88 Å². The minimum atomic E-state index is -5.08. The fourth-order valence-electron chi connectivity index (χ4n) is 3.75. The Morgan fingerprint density at radius 2 is 1.64 bits per heavy atom. The minimum Gasteiger partial charge on any atom is -0.475 e. The van der Waals surface area contributed by atoms with Crippen LogP contribution in [0.25, 0.3) is 0 Å². The van der Waals surface area contributed by atoms with Gasteiger partial charge in [0.25, 0.3) is 10.0 Å². The van der Waals surface area contributed by atoms with Crippen molar-refractivity contribution in [1.29, 1.82) is 0 Å². The van der Waals surface area contributed by atoms with Gasteiger partial charge in [-0.05, 0) is 18.1 Å². The summed E-state index contributed by atoms with van der Waals surface area (Å²) in [6.45, 7) is 2.59. The highest BCUT2D eigenvalue weighted by Gasteiger charge is 2.39. The molecule has 248 valence electrons. The van der Waals surface area contributed by atoms with Crippen molar-refractivity contribution in [3.63, 3.8) is 0 Å². The lowest BCUT2D eigenvalue weighted by Gasteiger charge is -2.28. The summed E-state index contributed by atoms with van der Waals surface area (Å²) >= 11 is 7.51. The number of likely N-dealkylation sites (N-methyl/N-ethyl adjacent to an activating group) is 1. The fraction of sp³-hybridized carbons (Fsp3) is 0.320. The first-order valence-corrected chi connectivity index (χ1v) is 15.0. The first-order valence-electron chi connectivity index (χ1n) is 12.2. The van der Waals surface area contributed by atoms with Gasteiger partial charge in [0.05, 0.1) is 10.7 Å². The number of rotatable bonds is 7. The molecule has 0 aliphatic carbocycles. The van der Waals surface area contributed by atoms with Crippen LogP contribution >= 0.6 is 22.9 Å². The molecule has 0 spiro atoms. The van der Waals surface area contributed by atoms with Crippen molar-refractivity contribution in [2.24, 2.45) is 0 Å². The molecule has 0 bridgehead atoms. The van der Waals surface area contributed by atoms with Crippen LogP contribution in [-0.2, 0) is 26.2 Å². The molecule has 1 aliphatic heterocycles. The Bertz CT molecular complexity index is 1520. The maximum absolute atomic E-state index is 14.8. The molecule has 1 aromatic heterocycles. The number of hydrogen-bond acceptors (Lipinski definition) is 8. The SMILES string of the molecule is CN(c1cc(F)c(S(=O)(=O)Nc2nccs2)cc1Cl)[C@H]1CCN(Cc2ccccc2)C1.O=C(O)C(F)(F)F.O=C(O)C(F)(F)F. The van der Waals surface area contributed by atoms with Crippen molar-refractivity contribution in [2.45, 2.75) is 36.3 Å². The van der Waals surface area contributed by atoms with E-state index in [4.69, 9.17) is 31.4 Å². The number of nitrogens with one attached hydrogen (secondary N) is 1. The smallest absolute Gasteiger partial charge is 0.475 e. The molecule has 0 saturated carbocycles. The van der Waals surface area contributed by atoms with Crippen molar-refractivity contribution in [3.8, 4) is 0 Å². The van der Waals surface area contributed by atoms with Gasteiger partial charge in [-0.15, -0.1) is 11.3 Å². The number of hydrogen-bond donors (Lipinski definition) is 3. The van der Waals surface area contributed by atoms with Crippen LogP contribution in [0.5, 0.6) is 0 Å². The average molecular weight is 709 g/mol. The summed E-state index contributed by atoms with van der Waals surface area (Å²) < 4.78 is 106. The van der Waals surface area contributed by atoms with Crippen LogP contribution in [0.1, 0.15) is 12.0 Å². The number of nitrogens with zero attached hydrogens (tertiary/aromatic N) is 3. The van der Waals surface area contributed by atoms with Gasteiger partial charge in [-0.3, -0.25) is 9.62 Å². The Balaban J connectivity index is 0.000000421. The zero-order valence-corrected chi connectivity index (χ0v) is 25.2. The summed E-state index contributed by atoms with van der Waals surface area (Å²) in [6.07, 6.45) is -7.79. The Labute approximate surface area is 260 Å². The zero-order chi connectivity index (χ0) is 34.2. The van der Waals surface area contributed by atoms with E-state index in [9.17, 15) is 39.2 Å². The molecule has 10 nitrogen and oxygen atoms in total. The third kappa shape index (κ3) is 11.6. The van der Waals surface area contributed by atoms with Crippen LogP contribution in [0.15, 0.2) is 58.9 Å². The van der Waals surface area contributed by atoms with Gasteiger partial charge in [0, 0.05) is 50.4 Å². The molecule has 4 rings (SSSR count). The first kappa shape index (κ1) is 37.5. The monoisotopic (exact) mass is 708 g/mol. The molecule has 0 radical (unpaired) electrons. The van der Waals surface area contributed by atoms with Crippen LogP contribution in [0.3, 0.4) is 0 Å². The van der Waals surface area contributed by atoms with Gasteiger partial charge in [0.2, 0.25) is 0 Å². The van der Waals surface area contributed by atoms with Crippen molar-refractivity contribution < 1.29 is 59.0 Å². The van der Waals surface area contributed by atoms with Gasteiger partial charge in [-0.1, -0.05) is 41.9 Å². The summed E-state index contributed by atoms with van der Waals surface area (Å²) in [6, 6.07) is 12.7. The largest absolute Gasteiger partial charge is 0.490 e. The number of aromatic nitrogens is 1. The highest BCUT2D eigenvalue weighted by Crippen LogP contribution is 2.34. The molecule has 3 aromatic rings. The number of likely N-dealkylation sites (tertiary alicyclic amines) is 1. The second-order valence-corrected chi connectivity index (χ2v) is 12.0. The van der Waals surface area contributed by atoms with E-state index in [1.165, 1.54) is 17.8 Å². The number of anilines is 2. The molecule has 1 saturated heterocycles. The maximum atomic E-state index is 14.8. The number of sulfonamides is 1.